The minimum Gasteiger partial charge on any atom is -0.484 e. The second kappa shape index (κ2) is 6.54. The van der Waals surface area contributed by atoms with E-state index in [1.54, 1.807) is 25.1 Å². The van der Waals surface area contributed by atoms with Crippen LogP contribution in [0.4, 0.5) is 0 Å². The van der Waals surface area contributed by atoms with Crippen LogP contribution in [0.15, 0.2) is 53.0 Å². The molecule has 2 aromatic rings. The molecule has 0 N–H and O–H groups in total. The minimum atomic E-state index is -1.00. The van der Waals surface area contributed by atoms with Crippen LogP contribution in [-0.4, -0.2) is 18.4 Å². The van der Waals surface area contributed by atoms with Gasteiger partial charge in [-0.15, -0.1) is 0 Å². The predicted molar refractivity (Wildman–Crippen MR) is 88.4 cm³/mol. The first kappa shape index (κ1) is 15.7. The van der Waals surface area contributed by atoms with E-state index in [4.69, 9.17) is 9.47 Å². The summed E-state index contributed by atoms with van der Waals surface area (Å²) in [6.45, 7) is 1.93. The van der Waals surface area contributed by atoms with Crippen molar-refractivity contribution in [3.8, 4) is 5.75 Å². The van der Waals surface area contributed by atoms with Crippen molar-refractivity contribution in [1.29, 1.82) is 0 Å². The summed E-state index contributed by atoms with van der Waals surface area (Å²) in [5.41, 5.74) is 1.16. The average molecular weight is 375 g/mol. The van der Waals surface area contributed by atoms with Gasteiger partial charge in [-0.3, -0.25) is 9.59 Å². The first-order valence-electron chi connectivity index (χ1n) is 7.34. The Morgan fingerprint density at radius 2 is 1.96 bits per heavy atom. The zero-order valence-electron chi connectivity index (χ0n) is 12.5. The first-order valence-corrected chi connectivity index (χ1v) is 8.13. The molecule has 1 aliphatic heterocycles. The number of hydrogen-bond donors (Lipinski definition) is 0. The Labute approximate surface area is 142 Å². The molecule has 3 rings (SSSR count). The lowest BCUT2D eigenvalue weighted by molar-refractivity contribution is -0.149. The Morgan fingerprint density at radius 3 is 2.65 bits per heavy atom. The summed E-state index contributed by atoms with van der Waals surface area (Å²) in [5.74, 6) is -1.36. The third kappa shape index (κ3) is 3.01. The summed E-state index contributed by atoms with van der Waals surface area (Å²) in [6, 6.07) is 14.5. The van der Waals surface area contributed by atoms with Crippen molar-refractivity contribution < 1.29 is 19.1 Å². The quantitative estimate of drug-likeness (QED) is 0.602. The minimum absolute atomic E-state index is 0.218. The molecule has 2 unspecified atom stereocenters. The van der Waals surface area contributed by atoms with E-state index in [9.17, 15) is 9.59 Å². The molecule has 0 bridgehead atoms. The average Bonchev–Trinajstić information content (AvgIpc) is 2.56. The van der Waals surface area contributed by atoms with E-state index < -0.39 is 18.0 Å². The monoisotopic (exact) mass is 374 g/mol. The molecule has 1 heterocycles. The van der Waals surface area contributed by atoms with Gasteiger partial charge in [0.05, 0.1) is 12.2 Å². The number of carbonyl (C=O) groups is 2. The summed E-state index contributed by atoms with van der Waals surface area (Å²) < 4.78 is 11.8. The molecule has 118 valence electrons. The standard InChI is InChI=1S/C18H15BrO4/c1-2-22-18(21)15-16(20)13-10-12(19)8-9-14(13)23-17(15)11-6-4-3-5-7-11/h3-10,15,17H,2H2,1H3. The lowest BCUT2D eigenvalue weighted by atomic mass is 9.85. The van der Waals surface area contributed by atoms with Crippen molar-refractivity contribution in [2.45, 2.75) is 13.0 Å². The second-order valence-corrected chi connectivity index (χ2v) is 6.10. The number of Topliss-reactive ketones (excluding diaryl/α,β-unsaturated/α-hetero) is 1. The van der Waals surface area contributed by atoms with Crippen molar-refractivity contribution in [3.63, 3.8) is 0 Å². The molecule has 0 fully saturated rings. The summed E-state index contributed by atoms with van der Waals surface area (Å²) >= 11 is 3.34. The van der Waals surface area contributed by atoms with E-state index in [-0.39, 0.29) is 12.4 Å². The normalized spacial score (nSPS) is 19.7. The zero-order valence-corrected chi connectivity index (χ0v) is 14.1. The summed E-state index contributed by atoms with van der Waals surface area (Å²) in [6.07, 6.45) is -0.684. The molecular formula is C18H15BrO4. The fourth-order valence-electron chi connectivity index (χ4n) is 2.67. The van der Waals surface area contributed by atoms with Crippen molar-refractivity contribution in [2.24, 2.45) is 5.92 Å². The number of fused-ring (bicyclic) bond motifs is 1. The van der Waals surface area contributed by atoms with Gasteiger partial charge in [-0.1, -0.05) is 46.3 Å². The predicted octanol–water partition coefficient (Wildman–Crippen LogP) is 3.94. The molecule has 5 heteroatoms. The largest absolute Gasteiger partial charge is 0.484 e. The fraction of sp³-hybridized carbons (Fsp3) is 0.222. The third-order valence-electron chi connectivity index (χ3n) is 3.71. The van der Waals surface area contributed by atoms with Crippen LogP contribution in [0.1, 0.15) is 28.9 Å². The number of carbonyl (C=O) groups excluding carboxylic acids is 2. The van der Waals surface area contributed by atoms with Crippen LogP contribution in [0.2, 0.25) is 0 Å². The number of ether oxygens (including phenoxy) is 2. The van der Waals surface area contributed by atoms with Gasteiger partial charge in [-0.2, -0.15) is 0 Å². The van der Waals surface area contributed by atoms with Crippen LogP contribution in [-0.2, 0) is 9.53 Å². The molecule has 23 heavy (non-hydrogen) atoms. The number of halogens is 1. The maximum atomic E-state index is 12.9. The zero-order chi connectivity index (χ0) is 16.4. The molecule has 0 aromatic heterocycles. The highest BCUT2D eigenvalue weighted by Crippen LogP contribution is 2.40. The fourth-order valence-corrected chi connectivity index (χ4v) is 3.03. The lowest BCUT2D eigenvalue weighted by Crippen LogP contribution is -2.38. The van der Waals surface area contributed by atoms with Gasteiger partial charge in [0, 0.05) is 4.47 Å². The second-order valence-electron chi connectivity index (χ2n) is 5.18. The van der Waals surface area contributed by atoms with Crippen molar-refractivity contribution in [2.75, 3.05) is 6.61 Å². The van der Waals surface area contributed by atoms with Crippen LogP contribution in [0, 0.1) is 5.92 Å². The Kier molecular flexibility index (Phi) is 4.48. The van der Waals surface area contributed by atoms with E-state index in [1.807, 2.05) is 30.3 Å². The number of ketones is 1. The van der Waals surface area contributed by atoms with Gasteiger partial charge in [-0.25, -0.2) is 0 Å². The number of benzene rings is 2. The molecular weight excluding hydrogens is 360 g/mol. The Hall–Kier alpha value is -2.14. The molecule has 2 aromatic carbocycles. The summed E-state index contributed by atoms with van der Waals surface area (Å²) in [5, 5.41) is 0. The maximum absolute atomic E-state index is 12.9. The van der Waals surface area contributed by atoms with Crippen LogP contribution in [0.5, 0.6) is 5.75 Å². The molecule has 0 amide bonds. The molecule has 2 atom stereocenters. The van der Waals surface area contributed by atoms with Gasteiger partial charge in [0.1, 0.15) is 11.9 Å². The highest BCUT2D eigenvalue weighted by Gasteiger charge is 2.44. The smallest absolute Gasteiger partial charge is 0.321 e. The lowest BCUT2D eigenvalue weighted by Gasteiger charge is -2.31. The van der Waals surface area contributed by atoms with E-state index >= 15 is 0 Å². The highest BCUT2D eigenvalue weighted by atomic mass is 79.9. The van der Waals surface area contributed by atoms with Gasteiger partial charge < -0.3 is 9.47 Å². The summed E-state index contributed by atoms with van der Waals surface area (Å²) in [4.78, 5) is 25.2. The van der Waals surface area contributed by atoms with Crippen LogP contribution >= 0.6 is 15.9 Å². The Balaban J connectivity index is 2.08. The van der Waals surface area contributed by atoms with Crippen molar-refractivity contribution in [3.05, 3.63) is 64.1 Å². The van der Waals surface area contributed by atoms with Crippen molar-refractivity contribution >= 4 is 27.7 Å². The molecule has 0 saturated heterocycles. The van der Waals surface area contributed by atoms with Gasteiger partial charge in [0.15, 0.2) is 11.7 Å². The SMILES string of the molecule is CCOC(=O)C1C(=O)c2cc(Br)ccc2OC1c1ccccc1. The van der Waals surface area contributed by atoms with Gasteiger partial charge in [0.2, 0.25) is 0 Å². The van der Waals surface area contributed by atoms with Gasteiger partial charge in [-0.05, 0) is 30.7 Å². The van der Waals surface area contributed by atoms with Crippen LogP contribution < -0.4 is 4.74 Å². The number of esters is 1. The highest BCUT2D eigenvalue weighted by molar-refractivity contribution is 9.10. The van der Waals surface area contributed by atoms with E-state index in [2.05, 4.69) is 15.9 Å². The molecule has 0 spiro atoms. The Morgan fingerprint density at radius 1 is 1.22 bits per heavy atom. The Bertz CT molecular complexity index is 742. The van der Waals surface area contributed by atoms with Gasteiger partial charge in [0.25, 0.3) is 0 Å². The van der Waals surface area contributed by atoms with E-state index in [0.717, 1.165) is 10.0 Å². The number of hydrogen-bond acceptors (Lipinski definition) is 4. The molecule has 0 radical (unpaired) electrons. The van der Waals surface area contributed by atoms with Gasteiger partial charge >= 0.3 is 5.97 Å². The van der Waals surface area contributed by atoms with Crippen molar-refractivity contribution in [1.82, 2.24) is 0 Å². The van der Waals surface area contributed by atoms with Crippen LogP contribution in [0.3, 0.4) is 0 Å². The summed E-state index contributed by atoms with van der Waals surface area (Å²) in [7, 11) is 0. The van der Waals surface area contributed by atoms with Crippen LogP contribution in [0.25, 0.3) is 0 Å². The topological polar surface area (TPSA) is 52.6 Å². The van der Waals surface area contributed by atoms with E-state index in [0.29, 0.717) is 11.3 Å². The molecule has 4 nitrogen and oxygen atoms in total. The molecule has 0 aliphatic carbocycles. The van der Waals surface area contributed by atoms with E-state index in [1.165, 1.54) is 0 Å². The number of rotatable bonds is 3. The molecule has 0 saturated carbocycles. The maximum Gasteiger partial charge on any atom is 0.321 e. The third-order valence-corrected chi connectivity index (χ3v) is 4.21. The molecule has 1 aliphatic rings. The first-order chi connectivity index (χ1) is 11.1.